The Morgan fingerprint density at radius 3 is 2.64 bits per heavy atom. The van der Waals surface area contributed by atoms with Gasteiger partial charge in [-0.25, -0.2) is 4.79 Å². The second kappa shape index (κ2) is 9.49. The molecule has 0 aliphatic rings. The Bertz CT molecular complexity index is 1460. The van der Waals surface area contributed by atoms with Gasteiger partial charge < -0.3 is 13.9 Å². The van der Waals surface area contributed by atoms with E-state index in [0.29, 0.717) is 15.8 Å². The second-order valence-electron chi connectivity index (χ2n) is 6.73. The van der Waals surface area contributed by atoms with Crippen LogP contribution in [0.1, 0.15) is 5.56 Å². The first kappa shape index (κ1) is 22.0. The van der Waals surface area contributed by atoms with Gasteiger partial charge in [0.1, 0.15) is 23.3 Å². The van der Waals surface area contributed by atoms with Crippen LogP contribution in [0.4, 0.5) is 5.69 Å². The number of fused-ring (bicyclic) bond motifs is 1. The molecule has 0 saturated carbocycles. The molecule has 0 saturated heterocycles. The molecule has 0 aliphatic heterocycles. The lowest BCUT2D eigenvalue weighted by atomic mass is 10.2. The van der Waals surface area contributed by atoms with Crippen molar-refractivity contribution in [1.82, 2.24) is 0 Å². The number of carbonyl (C=O) groups is 1. The number of nitro benzene ring substituents is 1. The number of hydrogen-bond donors (Lipinski definition) is 0. The van der Waals surface area contributed by atoms with E-state index in [1.54, 1.807) is 24.3 Å². The summed E-state index contributed by atoms with van der Waals surface area (Å²) in [4.78, 5) is 35.2. The fourth-order valence-electron chi connectivity index (χ4n) is 2.93. The van der Waals surface area contributed by atoms with Crippen LogP contribution in [0.5, 0.6) is 17.2 Å². The third-order valence-electron chi connectivity index (χ3n) is 4.48. The third-order valence-corrected chi connectivity index (χ3v) is 5.14. The molecule has 4 rings (SSSR count). The summed E-state index contributed by atoms with van der Waals surface area (Å²) < 4.78 is 17.1. The molecule has 0 fully saturated rings. The van der Waals surface area contributed by atoms with Crippen LogP contribution in [0.2, 0.25) is 0 Å². The fraction of sp³-hybridized carbons (Fsp3) is 0. The van der Waals surface area contributed by atoms with Crippen molar-refractivity contribution in [2.75, 3.05) is 0 Å². The van der Waals surface area contributed by atoms with Crippen molar-refractivity contribution in [2.45, 2.75) is 0 Å². The van der Waals surface area contributed by atoms with Crippen molar-refractivity contribution < 1.29 is 23.6 Å². The number of rotatable bonds is 6. The van der Waals surface area contributed by atoms with Crippen molar-refractivity contribution in [1.29, 1.82) is 0 Å². The highest BCUT2D eigenvalue weighted by molar-refractivity contribution is 9.10. The molecule has 4 aromatic rings. The number of nitrogens with zero attached hydrogens (tertiary/aromatic N) is 1. The molecule has 8 nitrogen and oxygen atoms in total. The van der Waals surface area contributed by atoms with Gasteiger partial charge >= 0.3 is 5.97 Å². The van der Waals surface area contributed by atoms with E-state index in [-0.39, 0.29) is 33.6 Å². The topological polar surface area (TPSA) is 109 Å². The van der Waals surface area contributed by atoms with Gasteiger partial charge in [-0.2, -0.15) is 0 Å². The molecular weight excluding hydrogens is 494 g/mol. The molecule has 0 radical (unpaired) electrons. The molecule has 33 heavy (non-hydrogen) atoms. The molecule has 0 unspecified atom stereocenters. The Balaban J connectivity index is 1.51. The van der Waals surface area contributed by atoms with Crippen molar-refractivity contribution in [3.63, 3.8) is 0 Å². The number of para-hydroxylation sites is 1. The van der Waals surface area contributed by atoms with Crippen LogP contribution >= 0.6 is 15.9 Å². The van der Waals surface area contributed by atoms with Crippen LogP contribution in [0.25, 0.3) is 17.0 Å². The number of carbonyl (C=O) groups excluding carboxylic acids is 1. The van der Waals surface area contributed by atoms with Crippen molar-refractivity contribution in [2.24, 2.45) is 0 Å². The molecular formula is C24H14BrNO7. The van der Waals surface area contributed by atoms with Crippen LogP contribution in [-0.4, -0.2) is 10.9 Å². The van der Waals surface area contributed by atoms with Crippen LogP contribution in [0.3, 0.4) is 0 Å². The number of nitro groups is 1. The van der Waals surface area contributed by atoms with Crippen LogP contribution in [0, 0.1) is 10.1 Å². The summed E-state index contributed by atoms with van der Waals surface area (Å²) in [5, 5.41) is 11.1. The fourth-order valence-corrected chi connectivity index (χ4v) is 3.29. The Kier molecular flexibility index (Phi) is 6.32. The average molecular weight is 508 g/mol. The normalized spacial score (nSPS) is 10.9. The molecule has 1 heterocycles. The number of esters is 1. The summed E-state index contributed by atoms with van der Waals surface area (Å²) in [7, 11) is 0. The first-order valence-electron chi connectivity index (χ1n) is 9.53. The van der Waals surface area contributed by atoms with E-state index < -0.39 is 10.9 Å². The number of halogens is 1. The van der Waals surface area contributed by atoms with E-state index in [2.05, 4.69) is 15.9 Å². The zero-order valence-corrected chi connectivity index (χ0v) is 18.4. The number of non-ortho nitro benzene ring substituents is 1. The second-order valence-corrected chi connectivity index (χ2v) is 7.58. The number of hydrogen-bond acceptors (Lipinski definition) is 7. The SMILES string of the molecule is O=C(/C=C/c1cccc([N+](=O)[O-])c1)Oc1ccc2c(=O)c(Oc3ccccc3Br)coc2c1. The predicted octanol–water partition coefficient (Wildman–Crippen LogP) is 5.87. The van der Waals surface area contributed by atoms with Gasteiger partial charge in [-0.1, -0.05) is 24.3 Å². The lowest BCUT2D eigenvalue weighted by Crippen LogP contribution is -2.06. The summed E-state index contributed by atoms with van der Waals surface area (Å²) in [6, 6.07) is 17.3. The highest BCUT2D eigenvalue weighted by Gasteiger charge is 2.12. The summed E-state index contributed by atoms with van der Waals surface area (Å²) in [6.07, 6.45) is 3.74. The molecule has 0 aliphatic carbocycles. The van der Waals surface area contributed by atoms with Gasteiger partial charge in [0, 0.05) is 24.3 Å². The third kappa shape index (κ3) is 5.16. The highest BCUT2D eigenvalue weighted by Crippen LogP contribution is 2.29. The van der Waals surface area contributed by atoms with E-state index in [9.17, 15) is 19.7 Å². The molecule has 0 spiro atoms. The first-order valence-corrected chi connectivity index (χ1v) is 10.3. The summed E-state index contributed by atoms with van der Waals surface area (Å²) in [5.41, 5.74) is 0.226. The maximum absolute atomic E-state index is 12.7. The van der Waals surface area contributed by atoms with Crippen LogP contribution in [0.15, 0.2) is 92.8 Å². The summed E-state index contributed by atoms with van der Waals surface area (Å²) >= 11 is 3.36. The van der Waals surface area contributed by atoms with Gasteiger partial charge in [-0.05, 0) is 51.8 Å². The Morgan fingerprint density at radius 1 is 1.03 bits per heavy atom. The summed E-state index contributed by atoms with van der Waals surface area (Å²) in [5.74, 6) is -0.0554. The van der Waals surface area contributed by atoms with E-state index in [1.165, 1.54) is 48.7 Å². The Labute approximate surface area is 195 Å². The maximum Gasteiger partial charge on any atom is 0.336 e. The molecule has 0 N–H and O–H groups in total. The monoisotopic (exact) mass is 507 g/mol. The summed E-state index contributed by atoms with van der Waals surface area (Å²) in [6.45, 7) is 0. The molecule has 3 aromatic carbocycles. The molecule has 0 bridgehead atoms. The van der Waals surface area contributed by atoms with Crippen LogP contribution < -0.4 is 14.9 Å². The first-order chi connectivity index (χ1) is 15.9. The molecule has 9 heteroatoms. The zero-order valence-electron chi connectivity index (χ0n) is 16.8. The molecule has 0 atom stereocenters. The smallest absolute Gasteiger partial charge is 0.336 e. The van der Waals surface area contributed by atoms with Gasteiger partial charge in [0.2, 0.25) is 11.2 Å². The van der Waals surface area contributed by atoms with Gasteiger partial charge in [0.25, 0.3) is 5.69 Å². The van der Waals surface area contributed by atoms with Crippen molar-refractivity contribution >= 4 is 44.6 Å². The quantitative estimate of drug-likeness (QED) is 0.105. The lowest BCUT2D eigenvalue weighted by Gasteiger charge is -2.08. The zero-order chi connectivity index (χ0) is 23.4. The van der Waals surface area contributed by atoms with E-state index in [1.807, 2.05) is 6.07 Å². The molecule has 0 amide bonds. The van der Waals surface area contributed by atoms with Gasteiger partial charge in [0.15, 0.2) is 0 Å². The minimum absolute atomic E-state index is 0.0130. The van der Waals surface area contributed by atoms with Crippen molar-refractivity contribution in [3.8, 4) is 17.2 Å². The average Bonchev–Trinajstić information content (AvgIpc) is 2.81. The van der Waals surface area contributed by atoms with Gasteiger partial charge in [0.05, 0.1) is 14.8 Å². The molecule has 164 valence electrons. The minimum atomic E-state index is -0.697. The van der Waals surface area contributed by atoms with Gasteiger partial charge in [-0.3, -0.25) is 14.9 Å². The predicted molar refractivity (Wildman–Crippen MR) is 124 cm³/mol. The van der Waals surface area contributed by atoms with Crippen LogP contribution in [-0.2, 0) is 4.79 Å². The van der Waals surface area contributed by atoms with Gasteiger partial charge in [-0.15, -0.1) is 0 Å². The largest absolute Gasteiger partial charge is 0.460 e. The maximum atomic E-state index is 12.7. The molecule has 1 aromatic heterocycles. The standard InChI is InChI=1S/C24H14BrNO7/c25-19-6-1-2-7-20(19)33-22-14-31-21-13-17(9-10-18(21)24(22)28)32-23(27)11-8-15-4-3-5-16(12-15)26(29)30/h1-14H/b11-8+. The number of ether oxygens (including phenoxy) is 2. The minimum Gasteiger partial charge on any atom is -0.460 e. The lowest BCUT2D eigenvalue weighted by molar-refractivity contribution is -0.384. The van der Waals surface area contributed by atoms with Crippen molar-refractivity contribution in [3.05, 3.63) is 109 Å². The van der Waals surface area contributed by atoms with E-state index in [0.717, 1.165) is 6.08 Å². The van der Waals surface area contributed by atoms with E-state index >= 15 is 0 Å². The Morgan fingerprint density at radius 2 is 1.85 bits per heavy atom. The van der Waals surface area contributed by atoms with E-state index in [4.69, 9.17) is 13.9 Å². The highest BCUT2D eigenvalue weighted by atomic mass is 79.9. The number of benzene rings is 3. The Hall–Kier alpha value is -4.24.